The molecule has 172 valence electrons. The molecule has 2 aliphatic rings. The van der Waals surface area contributed by atoms with Gasteiger partial charge in [0.1, 0.15) is 5.00 Å². The highest BCUT2D eigenvalue weighted by Crippen LogP contribution is 2.38. The van der Waals surface area contributed by atoms with Crippen molar-refractivity contribution in [3.05, 3.63) is 45.8 Å². The number of rotatable bonds is 5. The van der Waals surface area contributed by atoms with Gasteiger partial charge in [-0.3, -0.25) is 9.59 Å². The SMILES string of the molecule is CNC(=O)c1c(NC(=O)c2ccc(S(=O)(=O)N3CCC[C@H](C)C3)cc2)sc2c1CCCC2. The molecule has 32 heavy (non-hydrogen) atoms. The van der Waals surface area contributed by atoms with Crippen molar-refractivity contribution in [2.24, 2.45) is 5.92 Å². The standard InChI is InChI=1S/C23H29N3O4S2/c1-15-6-5-13-26(14-15)32(29,30)17-11-9-16(10-12-17)21(27)25-23-20(22(28)24-2)18-7-3-4-8-19(18)31-23/h9-12,15H,3-8,13-14H2,1-2H3,(H,24,28)(H,25,27)/t15-/m0/s1. The summed E-state index contributed by atoms with van der Waals surface area (Å²) < 4.78 is 27.4. The Bertz CT molecular complexity index is 1120. The summed E-state index contributed by atoms with van der Waals surface area (Å²) in [5, 5.41) is 6.12. The molecule has 0 spiro atoms. The Morgan fingerprint density at radius 3 is 2.47 bits per heavy atom. The average molecular weight is 476 g/mol. The number of sulfonamides is 1. The Kier molecular flexibility index (Phi) is 6.69. The zero-order chi connectivity index (χ0) is 22.9. The van der Waals surface area contributed by atoms with Crippen LogP contribution >= 0.6 is 11.3 Å². The second-order valence-electron chi connectivity index (χ2n) is 8.58. The molecule has 4 rings (SSSR count). The lowest BCUT2D eigenvalue weighted by Crippen LogP contribution is -2.39. The van der Waals surface area contributed by atoms with Gasteiger partial charge in [-0.2, -0.15) is 4.31 Å². The number of benzene rings is 1. The van der Waals surface area contributed by atoms with E-state index in [1.807, 2.05) is 0 Å². The molecule has 2 N–H and O–H groups in total. The predicted octanol–water partition coefficient (Wildman–Crippen LogP) is 3.66. The van der Waals surface area contributed by atoms with Crippen LogP contribution in [0.3, 0.4) is 0 Å². The summed E-state index contributed by atoms with van der Waals surface area (Å²) in [7, 11) is -1.98. The fourth-order valence-electron chi connectivity index (χ4n) is 4.49. The minimum Gasteiger partial charge on any atom is -0.355 e. The molecule has 1 aliphatic heterocycles. The van der Waals surface area contributed by atoms with Gasteiger partial charge in [-0.05, 0) is 74.3 Å². The minimum absolute atomic E-state index is 0.195. The number of piperidine rings is 1. The molecule has 0 bridgehead atoms. The highest BCUT2D eigenvalue weighted by Gasteiger charge is 2.29. The molecule has 7 nitrogen and oxygen atoms in total. The summed E-state index contributed by atoms with van der Waals surface area (Å²) in [4.78, 5) is 26.7. The van der Waals surface area contributed by atoms with E-state index >= 15 is 0 Å². The average Bonchev–Trinajstić information content (AvgIpc) is 3.16. The predicted molar refractivity (Wildman–Crippen MR) is 126 cm³/mol. The largest absolute Gasteiger partial charge is 0.355 e. The van der Waals surface area contributed by atoms with Crippen molar-refractivity contribution in [2.45, 2.75) is 50.3 Å². The molecule has 0 radical (unpaired) electrons. The molecular formula is C23H29N3O4S2. The van der Waals surface area contributed by atoms with Crippen molar-refractivity contribution >= 4 is 38.2 Å². The van der Waals surface area contributed by atoms with E-state index in [1.165, 1.54) is 39.9 Å². The third kappa shape index (κ3) is 4.46. The molecular weight excluding hydrogens is 446 g/mol. The van der Waals surface area contributed by atoms with Crippen molar-refractivity contribution < 1.29 is 18.0 Å². The lowest BCUT2D eigenvalue weighted by molar-refractivity contribution is 0.0963. The van der Waals surface area contributed by atoms with Crippen molar-refractivity contribution in [3.8, 4) is 0 Å². The Labute approximate surface area is 193 Å². The van der Waals surface area contributed by atoms with E-state index in [9.17, 15) is 18.0 Å². The first-order valence-corrected chi connectivity index (χ1v) is 13.3. The van der Waals surface area contributed by atoms with E-state index in [0.29, 0.717) is 35.1 Å². The van der Waals surface area contributed by atoms with E-state index in [2.05, 4.69) is 17.6 Å². The summed E-state index contributed by atoms with van der Waals surface area (Å²) in [5.41, 5.74) is 1.94. The van der Waals surface area contributed by atoms with E-state index in [-0.39, 0.29) is 16.7 Å². The van der Waals surface area contributed by atoms with Gasteiger partial charge in [-0.15, -0.1) is 11.3 Å². The van der Waals surface area contributed by atoms with Gasteiger partial charge in [-0.1, -0.05) is 6.92 Å². The van der Waals surface area contributed by atoms with Crippen LogP contribution in [0.4, 0.5) is 5.00 Å². The number of carbonyl (C=O) groups is 2. The van der Waals surface area contributed by atoms with E-state index in [4.69, 9.17) is 0 Å². The quantitative estimate of drug-likeness (QED) is 0.690. The Hall–Kier alpha value is -2.23. The van der Waals surface area contributed by atoms with Crippen LogP contribution in [-0.2, 0) is 22.9 Å². The van der Waals surface area contributed by atoms with Gasteiger partial charge >= 0.3 is 0 Å². The maximum atomic E-state index is 13.0. The number of carbonyl (C=O) groups excluding carboxylic acids is 2. The van der Waals surface area contributed by atoms with Crippen molar-refractivity contribution in [3.63, 3.8) is 0 Å². The molecule has 1 fully saturated rings. The normalized spacial score (nSPS) is 19.2. The first-order chi connectivity index (χ1) is 15.3. The van der Waals surface area contributed by atoms with Gasteiger partial charge in [0, 0.05) is 30.6 Å². The van der Waals surface area contributed by atoms with Gasteiger partial charge in [0.05, 0.1) is 10.5 Å². The molecule has 1 saturated heterocycles. The molecule has 2 heterocycles. The Balaban J connectivity index is 1.54. The molecule has 1 aliphatic carbocycles. The van der Waals surface area contributed by atoms with E-state index in [1.54, 1.807) is 7.05 Å². The Morgan fingerprint density at radius 1 is 1.06 bits per heavy atom. The second kappa shape index (κ2) is 9.33. The number of fused-ring (bicyclic) bond motifs is 1. The number of anilines is 1. The molecule has 0 saturated carbocycles. The van der Waals surface area contributed by atoms with Crippen LogP contribution in [0, 0.1) is 5.92 Å². The highest BCUT2D eigenvalue weighted by atomic mass is 32.2. The number of aryl methyl sites for hydroxylation is 1. The van der Waals surface area contributed by atoms with Gasteiger partial charge in [0.2, 0.25) is 10.0 Å². The molecule has 0 unspecified atom stereocenters. The molecule has 2 aromatic rings. The summed E-state index contributed by atoms with van der Waals surface area (Å²) >= 11 is 1.46. The van der Waals surface area contributed by atoms with Gasteiger partial charge < -0.3 is 10.6 Å². The molecule has 1 atom stereocenters. The second-order valence-corrected chi connectivity index (χ2v) is 11.6. The van der Waals surface area contributed by atoms with Crippen molar-refractivity contribution in [1.29, 1.82) is 0 Å². The third-order valence-electron chi connectivity index (χ3n) is 6.23. The first-order valence-electron chi connectivity index (χ1n) is 11.1. The van der Waals surface area contributed by atoms with Crippen LogP contribution in [0.5, 0.6) is 0 Å². The molecule has 1 aromatic carbocycles. The van der Waals surface area contributed by atoms with Crippen molar-refractivity contribution in [2.75, 3.05) is 25.5 Å². The lowest BCUT2D eigenvalue weighted by atomic mass is 9.95. The smallest absolute Gasteiger partial charge is 0.256 e. The molecule has 9 heteroatoms. The number of hydrogen-bond acceptors (Lipinski definition) is 5. The number of thiophene rings is 1. The lowest BCUT2D eigenvalue weighted by Gasteiger charge is -2.30. The maximum absolute atomic E-state index is 13.0. The number of hydrogen-bond donors (Lipinski definition) is 2. The summed E-state index contributed by atoms with van der Waals surface area (Å²) in [6, 6.07) is 6.04. The van der Waals surface area contributed by atoms with E-state index < -0.39 is 10.0 Å². The van der Waals surface area contributed by atoms with E-state index in [0.717, 1.165) is 49.0 Å². The number of amides is 2. The van der Waals surface area contributed by atoms with Gasteiger partial charge in [0.15, 0.2) is 0 Å². The first kappa shape index (κ1) is 22.9. The van der Waals surface area contributed by atoms with Crippen LogP contribution in [0.2, 0.25) is 0 Å². The summed E-state index contributed by atoms with van der Waals surface area (Å²) in [5.74, 6) is -0.212. The number of nitrogens with one attached hydrogen (secondary N) is 2. The third-order valence-corrected chi connectivity index (χ3v) is 9.31. The summed E-state index contributed by atoms with van der Waals surface area (Å²) in [6.07, 6.45) is 5.77. The summed E-state index contributed by atoms with van der Waals surface area (Å²) in [6.45, 7) is 3.11. The van der Waals surface area contributed by atoms with Gasteiger partial charge in [-0.25, -0.2) is 8.42 Å². The van der Waals surface area contributed by atoms with Crippen molar-refractivity contribution in [1.82, 2.24) is 9.62 Å². The van der Waals surface area contributed by atoms with Crippen LogP contribution in [-0.4, -0.2) is 44.7 Å². The Morgan fingerprint density at radius 2 is 1.78 bits per heavy atom. The molecule has 2 amide bonds. The number of nitrogens with zero attached hydrogens (tertiary/aromatic N) is 1. The van der Waals surface area contributed by atoms with Crippen LogP contribution in [0.15, 0.2) is 29.2 Å². The van der Waals surface area contributed by atoms with Crippen LogP contribution < -0.4 is 10.6 Å². The van der Waals surface area contributed by atoms with Gasteiger partial charge in [0.25, 0.3) is 11.8 Å². The fourth-order valence-corrected chi connectivity index (χ4v) is 7.37. The van der Waals surface area contributed by atoms with Crippen LogP contribution in [0.25, 0.3) is 0 Å². The monoisotopic (exact) mass is 475 g/mol. The zero-order valence-corrected chi connectivity index (χ0v) is 20.1. The highest BCUT2D eigenvalue weighted by molar-refractivity contribution is 7.89. The minimum atomic E-state index is -3.57. The maximum Gasteiger partial charge on any atom is 0.256 e. The zero-order valence-electron chi connectivity index (χ0n) is 18.4. The van der Waals surface area contributed by atoms with Crippen LogP contribution in [0.1, 0.15) is 63.8 Å². The fraction of sp³-hybridized carbons (Fsp3) is 0.478. The molecule has 1 aromatic heterocycles. The topological polar surface area (TPSA) is 95.6 Å².